The van der Waals surface area contributed by atoms with Crippen LogP contribution in [0.3, 0.4) is 0 Å². The second-order valence-corrected chi connectivity index (χ2v) is 16.3. The van der Waals surface area contributed by atoms with Crippen LogP contribution in [0.15, 0.2) is 138 Å². The lowest BCUT2D eigenvalue weighted by Gasteiger charge is -2.18. The van der Waals surface area contributed by atoms with Crippen molar-refractivity contribution in [2.24, 2.45) is 0 Å². The van der Waals surface area contributed by atoms with Crippen LogP contribution in [-0.4, -0.2) is 47.5 Å². The Labute approximate surface area is 340 Å². The Morgan fingerprint density at radius 3 is 2.00 bits per heavy atom. The van der Waals surface area contributed by atoms with Gasteiger partial charge in [-0.15, -0.1) is 0 Å². The van der Waals surface area contributed by atoms with Crippen LogP contribution >= 0.6 is 0 Å². The van der Waals surface area contributed by atoms with E-state index in [2.05, 4.69) is 49.3 Å². The molecular formula is C46H50N6O5S. The molecule has 2 amide bonds. The summed E-state index contributed by atoms with van der Waals surface area (Å²) in [6, 6.07) is 38.7. The Morgan fingerprint density at radius 1 is 0.707 bits per heavy atom. The zero-order chi connectivity index (χ0) is 41.1. The fourth-order valence-electron chi connectivity index (χ4n) is 6.63. The number of aromatic nitrogens is 2. The number of benzene rings is 4. The summed E-state index contributed by atoms with van der Waals surface area (Å²) in [5.41, 5.74) is 7.91. The summed E-state index contributed by atoms with van der Waals surface area (Å²) >= 11 is 0. The minimum Gasteiger partial charge on any atom is -0.387 e. The molecule has 0 fully saturated rings. The van der Waals surface area contributed by atoms with E-state index in [0.717, 1.165) is 57.0 Å². The summed E-state index contributed by atoms with van der Waals surface area (Å²) < 4.78 is 30.1. The van der Waals surface area contributed by atoms with E-state index in [1.165, 1.54) is 12.1 Å². The summed E-state index contributed by atoms with van der Waals surface area (Å²) in [4.78, 5) is 30.4. The smallest absolute Gasteiger partial charge is 0.251 e. The van der Waals surface area contributed by atoms with E-state index in [4.69, 9.17) is 0 Å². The molecule has 4 aromatic carbocycles. The van der Waals surface area contributed by atoms with Crippen molar-refractivity contribution in [2.75, 3.05) is 6.54 Å². The van der Waals surface area contributed by atoms with Crippen LogP contribution in [0.2, 0.25) is 0 Å². The third-order valence-corrected chi connectivity index (χ3v) is 11.3. The van der Waals surface area contributed by atoms with Crippen LogP contribution in [0.5, 0.6) is 0 Å². The Morgan fingerprint density at radius 2 is 1.33 bits per heavy atom. The number of aliphatic hydroxyl groups is 1. The molecule has 0 saturated carbocycles. The molecule has 6 aromatic rings. The average Bonchev–Trinajstić information content (AvgIpc) is 3.58. The van der Waals surface area contributed by atoms with Gasteiger partial charge in [-0.3, -0.25) is 9.59 Å². The predicted molar refractivity (Wildman–Crippen MR) is 226 cm³/mol. The monoisotopic (exact) mass is 798 g/mol. The Bertz CT molecular complexity index is 2380. The maximum absolute atomic E-state index is 12.9. The maximum Gasteiger partial charge on any atom is 0.251 e. The van der Waals surface area contributed by atoms with Gasteiger partial charge in [0.15, 0.2) is 0 Å². The number of hydrogen-bond donors (Lipinski definition) is 5. The molecule has 0 spiro atoms. The van der Waals surface area contributed by atoms with Crippen LogP contribution in [0.25, 0.3) is 5.82 Å². The number of carbonyl (C=O) groups excluding carboxylic acids is 2. The standard InChI is InChI=1S/C46H50N6O5S/c1-32(47-31-43(53)41-20-23-44(48-30-41)52-33(2)12-13-34(52)3)24-38-10-7-11-39(25-38)26-45(54)49-27-36-14-18-40(19-15-36)46(55)50-28-37-16-21-42(22-17-37)58(56,57)51-29-35-8-5-4-6-9-35/h4-23,25,30,32,43,47,51,53H,24,26-29,31H2,1-3H3,(H,49,54)(H,50,55). The van der Waals surface area contributed by atoms with Gasteiger partial charge in [-0.1, -0.05) is 84.9 Å². The second-order valence-electron chi connectivity index (χ2n) is 14.5. The highest BCUT2D eigenvalue weighted by Gasteiger charge is 2.15. The van der Waals surface area contributed by atoms with Crippen molar-refractivity contribution in [3.8, 4) is 5.82 Å². The molecule has 0 radical (unpaired) electrons. The maximum atomic E-state index is 12.9. The number of hydrogen-bond acceptors (Lipinski definition) is 7. The van der Waals surface area contributed by atoms with E-state index < -0.39 is 16.1 Å². The van der Waals surface area contributed by atoms with Crippen molar-refractivity contribution in [1.29, 1.82) is 0 Å². The van der Waals surface area contributed by atoms with Crippen molar-refractivity contribution in [1.82, 2.24) is 30.2 Å². The molecule has 2 atom stereocenters. The van der Waals surface area contributed by atoms with Crippen molar-refractivity contribution in [2.45, 2.75) is 70.3 Å². The van der Waals surface area contributed by atoms with E-state index in [-0.39, 0.29) is 42.3 Å². The fourth-order valence-corrected chi connectivity index (χ4v) is 7.65. The number of amides is 2. The van der Waals surface area contributed by atoms with Crippen molar-refractivity contribution in [3.05, 3.63) is 184 Å². The van der Waals surface area contributed by atoms with Gasteiger partial charge in [0.25, 0.3) is 5.91 Å². The summed E-state index contributed by atoms with van der Waals surface area (Å²) in [6.45, 7) is 7.29. The molecule has 11 nitrogen and oxygen atoms in total. The van der Waals surface area contributed by atoms with Gasteiger partial charge in [0, 0.05) is 60.9 Å². The number of aliphatic hydroxyl groups excluding tert-OH is 1. The van der Waals surface area contributed by atoms with Gasteiger partial charge in [-0.25, -0.2) is 18.1 Å². The second kappa shape index (κ2) is 19.5. The van der Waals surface area contributed by atoms with Crippen LogP contribution in [0.1, 0.15) is 68.2 Å². The van der Waals surface area contributed by atoms with Crippen LogP contribution in [-0.2, 0) is 47.3 Å². The highest BCUT2D eigenvalue weighted by atomic mass is 32.2. The molecule has 2 unspecified atom stereocenters. The number of sulfonamides is 1. The molecule has 5 N–H and O–H groups in total. The largest absolute Gasteiger partial charge is 0.387 e. The van der Waals surface area contributed by atoms with E-state index in [0.29, 0.717) is 18.7 Å². The van der Waals surface area contributed by atoms with Gasteiger partial charge in [0.05, 0.1) is 17.4 Å². The molecule has 6 rings (SSSR count). The minimum atomic E-state index is -3.68. The van der Waals surface area contributed by atoms with Gasteiger partial charge in [-0.05, 0) is 97.5 Å². The lowest BCUT2D eigenvalue weighted by atomic mass is 10.0. The number of nitrogens with zero attached hydrogens (tertiary/aromatic N) is 2. The highest BCUT2D eigenvalue weighted by Crippen LogP contribution is 2.18. The topological polar surface area (TPSA) is 154 Å². The third kappa shape index (κ3) is 11.6. The van der Waals surface area contributed by atoms with Crippen LogP contribution in [0.4, 0.5) is 0 Å². The Balaban J connectivity index is 0.899. The molecule has 0 aliphatic carbocycles. The molecule has 0 aliphatic rings. The number of nitrogens with one attached hydrogen (secondary N) is 4. The summed E-state index contributed by atoms with van der Waals surface area (Å²) in [5.74, 6) is 0.449. The molecular weight excluding hydrogens is 749 g/mol. The van der Waals surface area contributed by atoms with Gasteiger partial charge >= 0.3 is 0 Å². The molecule has 2 heterocycles. The summed E-state index contributed by atoms with van der Waals surface area (Å²) in [6.07, 6.45) is 2.00. The average molecular weight is 799 g/mol. The fraction of sp³-hybridized carbons (Fsp3) is 0.239. The molecule has 2 aromatic heterocycles. The molecule has 58 heavy (non-hydrogen) atoms. The van der Waals surface area contributed by atoms with Crippen molar-refractivity contribution < 1.29 is 23.1 Å². The van der Waals surface area contributed by atoms with Gasteiger partial charge in [-0.2, -0.15) is 0 Å². The zero-order valence-electron chi connectivity index (χ0n) is 33.0. The molecule has 0 bridgehead atoms. The predicted octanol–water partition coefficient (Wildman–Crippen LogP) is 6.01. The minimum absolute atomic E-state index is 0.0900. The number of carbonyl (C=O) groups is 2. The summed E-state index contributed by atoms with van der Waals surface area (Å²) in [5, 5.41) is 20.1. The van der Waals surface area contributed by atoms with Crippen molar-refractivity contribution in [3.63, 3.8) is 0 Å². The van der Waals surface area contributed by atoms with Crippen molar-refractivity contribution >= 4 is 21.8 Å². The number of aryl methyl sites for hydroxylation is 2. The van der Waals surface area contributed by atoms with Crippen LogP contribution in [0, 0.1) is 13.8 Å². The molecule has 0 aliphatic heterocycles. The van der Waals surface area contributed by atoms with E-state index in [1.54, 1.807) is 42.6 Å². The quantitative estimate of drug-likeness (QED) is 0.0714. The first-order chi connectivity index (χ1) is 27.9. The number of rotatable bonds is 18. The van der Waals surface area contributed by atoms with Gasteiger partial charge < -0.3 is 25.6 Å². The van der Waals surface area contributed by atoms with E-state index >= 15 is 0 Å². The van der Waals surface area contributed by atoms with Crippen LogP contribution < -0.4 is 20.7 Å². The van der Waals surface area contributed by atoms with E-state index in [9.17, 15) is 23.1 Å². The summed E-state index contributed by atoms with van der Waals surface area (Å²) in [7, 11) is -3.68. The SMILES string of the molecule is Cc1ccc(C)n1-c1ccc(C(O)CNC(C)Cc2cccc(CC(=O)NCc3ccc(C(=O)NCc4ccc(S(=O)(=O)NCc5ccccc5)cc4)cc3)c2)cn1. The lowest BCUT2D eigenvalue weighted by molar-refractivity contribution is -0.120. The van der Waals surface area contributed by atoms with Gasteiger partial charge in [0.1, 0.15) is 5.82 Å². The molecule has 12 heteroatoms. The van der Waals surface area contributed by atoms with Gasteiger partial charge in [0.2, 0.25) is 15.9 Å². The Kier molecular flexibility index (Phi) is 14.0. The number of pyridine rings is 1. The molecule has 0 saturated heterocycles. The van der Waals surface area contributed by atoms with E-state index in [1.807, 2.05) is 80.6 Å². The lowest BCUT2D eigenvalue weighted by Crippen LogP contribution is -2.32. The first-order valence-corrected chi connectivity index (χ1v) is 20.8. The first-order valence-electron chi connectivity index (χ1n) is 19.3. The third-order valence-electron chi connectivity index (χ3n) is 9.92. The first kappa shape index (κ1) is 41.7. The highest BCUT2D eigenvalue weighted by molar-refractivity contribution is 7.89. The zero-order valence-corrected chi connectivity index (χ0v) is 33.8. The normalized spacial score (nSPS) is 12.5. The Hall–Kier alpha value is -5.92. The molecule has 300 valence electrons.